The van der Waals surface area contributed by atoms with Crippen molar-refractivity contribution in [1.82, 2.24) is 9.61 Å². The number of fused-ring (bicyclic) bond motifs is 3. The van der Waals surface area contributed by atoms with Gasteiger partial charge in [0.25, 0.3) is 0 Å². The molecule has 4 rings (SSSR count). The van der Waals surface area contributed by atoms with Crippen LogP contribution in [0.3, 0.4) is 0 Å². The van der Waals surface area contributed by atoms with Crippen molar-refractivity contribution < 1.29 is 16.9 Å². The summed E-state index contributed by atoms with van der Waals surface area (Å²) in [7, 11) is 2.38. The molecule has 0 saturated carbocycles. The first kappa shape index (κ1) is 20.1. The number of anilines is 2. The second-order valence-electron chi connectivity index (χ2n) is 7.50. The standard InChI is InChI=1S/C18H28N5.2ClH/c1-23(11-3-2-4-12-23)13-10-20-18-17(19)16-9-8-14-6-5-7-15(14)22(16)21-18;;/h8-9H,2-7,10-13,19H2,1H3,(H,20,21);2*1H/q+1;;/p-1. The number of rotatable bonds is 4. The smallest absolute Gasteiger partial charge is 0.172 e. The lowest BCUT2D eigenvalue weighted by atomic mass is 10.1. The van der Waals surface area contributed by atoms with E-state index >= 15 is 0 Å². The Morgan fingerprint density at radius 3 is 2.68 bits per heavy atom. The van der Waals surface area contributed by atoms with Crippen LogP contribution in [0.15, 0.2) is 12.1 Å². The number of nitrogens with one attached hydrogen (secondary N) is 1. The molecule has 1 aliphatic heterocycles. The molecule has 0 atom stereocenters. The van der Waals surface area contributed by atoms with E-state index in [1.165, 1.54) is 60.9 Å². The molecule has 0 amide bonds. The molecule has 0 radical (unpaired) electrons. The minimum atomic E-state index is 0. The van der Waals surface area contributed by atoms with Crippen molar-refractivity contribution in [3.05, 3.63) is 23.4 Å². The Morgan fingerprint density at radius 1 is 1.16 bits per heavy atom. The maximum Gasteiger partial charge on any atom is 0.172 e. The summed E-state index contributed by atoms with van der Waals surface area (Å²) in [5.41, 5.74) is 10.9. The number of nitrogen functional groups attached to an aromatic ring is 1. The SMILES string of the molecule is C[N+]1(CCNc2nn3c4c(ccc3c2N)CCC4)CCCCC1.Cl.[Cl-]. The second kappa shape index (κ2) is 8.02. The van der Waals surface area contributed by atoms with Crippen LogP contribution < -0.4 is 23.5 Å². The molecule has 25 heavy (non-hydrogen) atoms. The lowest BCUT2D eigenvalue weighted by molar-refractivity contribution is -0.912. The van der Waals surface area contributed by atoms with Crippen LogP contribution in [0.5, 0.6) is 0 Å². The van der Waals surface area contributed by atoms with Gasteiger partial charge < -0.3 is 27.9 Å². The Hall–Kier alpha value is -1.17. The number of nitrogens with two attached hydrogens (primary N) is 1. The normalized spacial score (nSPS) is 18.3. The molecule has 0 unspecified atom stereocenters. The number of aryl methyl sites for hydroxylation is 2. The molecule has 2 aromatic heterocycles. The van der Waals surface area contributed by atoms with Gasteiger partial charge in [-0.05, 0) is 50.2 Å². The van der Waals surface area contributed by atoms with E-state index in [9.17, 15) is 0 Å². The number of quaternary nitrogens is 1. The molecule has 3 N–H and O–H groups in total. The molecule has 1 saturated heterocycles. The van der Waals surface area contributed by atoms with Crippen LogP contribution >= 0.6 is 12.4 Å². The van der Waals surface area contributed by atoms with Gasteiger partial charge in [-0.1, -0.05) is 6.07 Å². The Bertz CT molecular complexity index is 722. The molecular formula is C18H29Cl2N5. The Kier molecular flexibility index (Phi) is 6.46. The Morgan fingerprint density at radius 2 is 1.92 bits per heavy atom. The molecule has 140 valence electrons. The summed E-state index contributed by atoms with van der Waals surface area (Å²) in [6.45, 7) is 4.68. The van der Waals surface area contributed by atoms with Crippen LogP contribution in [0.25, 0.3) is 5.52 Å². The van der Waals surface area contributed by atoms with E-state index in [2.05, 4.69) is 29.0 Å². The lowest BCUT2D eigenvalue weighted by Gasteiger charge is -2.37. The average Bonchev–Trinajstić information content (AvgIpc) is 3.13. The first-order valence-electron chi connectivity index (χ1n) is 9.03. The zero-order valence-electron chi connectivity index (χ0n) is 14.9. The molecule has 0 bridgehead atoms. The number of halogens is 2. The van der Waals surface area contributed by atoms with Gasteiger partial charge in [0, 0.05) is 5.69 Å². The van der Waals surface area contributed by atoms with Crippen LogP contribution in [0.4, 0.5) is 11.5 Å². The van der Waals surface area contributed by atoms with Crippen molar-refractivity contribution in [2.24, 2.45) is 0 Å². The highest BCUT2D eigenvalue weighted by Gasteiger charge is 2.24. The molecule has 7 heteroatoms. The van der Waals surface area contributed by atoms with Crippen molar-refractivity contribution >= 4 is 29.4 Å². The van der Waals surface area contributed by atoms with Crippen molar-refractivity contribution in [2.75, 3.05) is 44.3 Å². The fourth-order valence-electron chi connectivity index (χ4n) is 4.24. The highest BCUT2D eigenvalue weighted by atomic mass is 35.5. The van der Waals surface area contributed by atoms with Gasteiger partial charge in [-0.15, -0.1) is 17.5 Å². The lowest BCUT2D eigenvalue weighted by Crippen LogP contribution is -3.00. The number of hydrogen-bond donors (Lipinski definition) is 2. The monoisotopic (exact) mass is 385 g/mol. The summed E-state index contributed by atoms with van der Waals surface area (Å²) in [5, 5.41) is 8.26. The van der Waals surface area contributed by atoms with Crippen molar-refractivity contribution in [3.8, 4) is 0 Å². The number of likely N-dealkylation sites (N-methyl/N-ethyl adjacent to an activating group) is 1. The van der Waals surface area contributed by atoms with Gasteiger partial charge in [-0.3, -0.25) is 0 Å². The van der Waals surface area contributed by atoms with Crippen molar-refractivity contribution in [2.45, 2.75) is 38.5 Å². The minimum Gasteiger partial charge on any atom is -1.00 e. The molecule has 2 aliphatic rings. The van der Waals surface area contributed by atoms with E-state index in [4.69, 9.17) is 10.8 Å². The average molecular weight is 386 g/mol. The van der Waals surface area contributed by atoms with Gasteiger partial charge in [0.1, 0.15) is 5.69 Å². The summed E-state index contributed by atoms with van der Waals surface area (Å²) >= 11 is 0. The molecule has 0 aromatic carbocycles. The third-order valence-corrected chi connectivity index (χ3v) is 5.73. The quantitative estimate of drug-likeness (QED) is 0.721. The van der Waals surface area contributed by atoms with Crippen LogP contribution in [0, 0.1) is 0 Å². The van der Waals surface area contributed by atoms with Crippen molar-refractivity contribution in [3.63, 3.8) is 0 Å². The minimum absolute atomic E-state index is 0. The van der Waals surface area contributed by atoms with E-state index in [1.807, 2.05) is 0 Å². The van der Waals surface area contributed by atoms with Gasteiger partial charge in [0.2, 0.25) is 0 Å². The fraction of sp³-hybridized carbons (Fsp3) is 0.611. The van der Waals surface area contributed by atoms with E-state index in [-0.39, 0.29) is 24.8 Å². The molecular weight excluding hydrogens is 357 g/mol. The fourth-order valence-corrected chi connectivity index (χ4v) is 4.24. The predicted octanol–water partition coefficient (Wildman–Crippen LogP) is -0.127. The van der Waals surface area contributed by atoms with Gasteiger partial charge in [-0.25, -0.2) is 4.52 Å². The van der Waals surface area contributed by atoms with E-state index in [1.54, 1.807) is 0 Å². The number of pyridine rings is 1. The molecule has 3 heterocycles. The number of nitrogens with zero attached hydrogens (tertiary/aromatic N) is 3. The summed E-state index contributed by atoms with van der Waals surface area (Å²) in [4.78, 5) is 0. The molecule has 1 aliphatic carbocycles. The Labute approximate surface area is 162 Å². The molecule has 0 spiro atoms. The largest absolute Gasteiger partial charge is 1.00 e. The van der Waals surface area contributed by atoms with Gasteiger partial charge in [-0.2, -0.15) is 0 Å². The topological polar surface area (TPSA) is 55.4 Å². The highest BCUT2D eigenvalue weighted by molar-refractivity contribution is 5.85. The number of piperidine rings is 1. The van der Waals surface area contributed by atoms with Gasteiger partial charge >= 0.3 is 0 Å². The maximum absolute atomic E-state index is 6.33. The van der Waals surface area contributed by atoms with E-state index < -0.39 is 0 Å². The molecule has 5 nitrogen and oxygen atoms in total. The maximum atomic E-state index is 6.33. The first-order valence-corrected chi connectivity index (χ1v) is 9.03. The van der Waals surface area contributed by atoms with Crippen LogP contribution in [-0.4, -0.2) is 47.3 Å². The molecule has 1 fully saturated rings. The number of hydrogen-bond acceptors (Lipinski definition) is 3. The molecule has 2 aromatic rings. The highest BCUT2D eigenvalue weighted by Crippen LogP contribution is 2.29. The van der Waals surface area contributed by atoms with Crippen LogP contribution in [-0.2, 0) is 12.8 Å². The van der Waals surface area contributed by atoms with Crippen molar-refractivity contribution in [1.29, 1.82) is 0 Å². The zero-order valence-corrected chi connectivity index (χ0v) is 16.5. The summed E-state index contributed by atoms with van der Waals surface area (Å²) in [5.74, 6) is 0.855. The second-order valence-corrected chi connectivity index (χ2v) is 7.50. The number of aromatic nitrogens is 2. The third kappa shape index (κ3) is 3.83. The number of likely N-dealkylation sites (tertiary alicyclic amines) is 1. The van der Waals surface area contributed by atoms with E-state index in [0.29, 0.717) is 0 Å². The van der Waals surface area contributed by atoms with Gasteiger partial charge in [0.05, 0.1) is 38.7 Å². The van der Waals surface area contributed by atoms with Crippen LogP contribution in [0.1, 0.15) is 36.9 Å². The first-order chi connectivity index (χ1) is 11.2. The predicted molar refractivity (Wildman–Crippen MR) is 102 cm³/mol. The third-order valence-electron chi connectivity index (χ3n) is 5.73. The van der Waals surface area contributed by atoms with Gasteiger partial charge in [0.15, 0.2) is 5.82 Å². The van der Waals surface area contributed by atoms with E-state index in [0.717, 1.165) is 36.5 Å². The summed E-state index contributed by atoms with van der Waals surface area (Å²) in [6, 6.07) is 4.34. The summed E-state index contributed by atoms with van der Waals surface area (Å²) in [6.07, 6.45) is 7.63. The summed E-state index contributed by atoms with van der Waals surface area (Å²) < 4.78 is 3.24. The van der Waals surface area contributed by atoms with Crippen LogP contribution in [0.2, 0.25) is 0 Å². The zero-order chi connectivity index (χ0) is 15.9. The Balaban J connectivity index is 0.00000113.